The summed E-state index contributed by atoms with van der Waals surface area (Å²) in [6, 6.07) is 9.69. The van der Waals surface area contributed by atoms with Crippen molar-refractivity contribution >= 4 is 17.9 Å². The number of carbonyl (C=O) groups is 3. The van der Waals surface area contributed by atoms with Crippen molar-refractivity contribution in [3.05, 3.63) is 35.9 Å². The van der Waals surface area contributed by atoms with E-state index in [1.54, 1.807) is 0 Å². The number of carboxylic acids is 1. The van der Waals surface area contributed by atoms with Crippen LogP contribution in [0.2, 0.25) is 0 Å². The Kier molecular flexibility index (Phi) is 9.57. The number of carboxylic acid groups (broad SMARTS) is 1. The van der Waals surface area contributed by atoms with Crippen LogP contribution in [-0.2, 0) is 30.5 Å². The number of benzene rings is 1. The van der Waals surface area contributed by atoms with Gasteiger partial charge in [0.05, 0.1) is 25.0 Å². The Morgan fingerprint density at radius 3 is 2.40 bits per heavy atom. The van der Waals surface area contributed by atoms with Crippen LogP contribution in [0.5, 0.6) is 0 Å². The molecule has 8 heteroatoms. The zero-order valence-corrected chi connectivity index (χ0v) is 26.0. The van der Waals surface area contributed by atoms with Gasteiger partial charge in [-0.05, 0) is 103 Å². The zero-order chi connectivity index (χ0) is 30.9. The lowest BCUT2D eigenvalue weighted by atomic mass is 9.43. The fourth-order valence-electron chi connectivity index (χ4n) is 10.0. The Balaban J connectivity index is 1.21. The molecule has 4 fully saturated rings. The van der Waals surface area contributed by atoms with Crippen molar-refractivity contribution in [3.8, 4) is 0 Å². The molecule has 5 unspecified atom stereocenters. The SMILES string of the molecule is C[C@H](CCC(=O)OCc1ccccc1)C1CCC2C3C(C[C@H](O)[C@@]21C)[C@@]1(C)CC[C@@H](OC(=O)CCC(=O)O)CC1C[C@H]3O. The van der Waals surface area contributed by atoms with Crippen LogP contribution in [0.1, 0.15) is 97.0 Å². The van der Waals surface area contributed by atoms with Gasteiger partial charge in [0.25, 0.3) is 0 Å². The molecule has 0 saturated heterocycles. The van der Waals surface area contributed by atoms with Crippen molar-refractivity contribution in [2.45, 2.75) is 116 Å². The third kappa shape index (κ3) is 6.37. The second-order valence-electron chi connectivity index (χ2n) is 14.5. The van der Waals surface area contributed by atoms with Crippen molar-refractivity contribution in [1.82, 2.24) is 0 Å². The van der Waals surface area contributed by atoms with Gasteiger partial charge in [-0.2, -0.15) is 0 Å². The van der Waals surface area contributed by atoms with Crippen LogP contribution < -0.4 is 0 Å². The summed E-state index contributed by atoms with van der Waals surface area (Å²) in [5.41, 5.74) is 0.611. The number of carbonyl (C=O) groups excluding carboxylic acids is 2. The molecule has 5 rings (SSSR count). The monoisotopic (exact) mass is 598 g/mol. The van der Waals surface area contributed by atoms with E-state index in [1.165, 1.54) is 0 Å². The summed E-state index contributed by atoms with van der Waals surface area (Å²) in [5, 5.41) is 32.4. The van der Waals surface area contributed by atoms with Gasteiger partial charge >= 0.3 is 17.9 Å². The third-order valence-electron chi connectivity index (χ3n) is 12.4. The van der Waals surface area contributed by atoms with Crippen LogP contribution in [0.4, 0.5) is 0 Å². The molecule has 238 valence electrons. The van der Waals surface area contributed by atoms with Gasteiger partial charge in [-0.1, -0.05) is 51.1 Å². The van der Waals surface area contributed by atoms with E-state index in [4.69, 9.17) is 14.6 Å². The number of fused-ring (bicyclic) bond motifs is 5. The molecule has 0 radical (unpaired) electrons. The van der Waals surface area contributed by atoms with E-state index >= 15 is 0 Å². The Labute approximate surface area is 255 Å². The molecule has 0 spiro atoms. The minimum atomic E-state index is -1.01. The van der Waals surface area contributed by atoms with Crippen molar-refractivity contribution in [2.24, 2.45) is 46.3 Å². The lowest BCUT2D eigenvalue weighted by Crippen LogP contribution is -2.62. The predicted molar refractivity (Wildman–Crippen MR) is 159 cm³/mol. The first-order valence-electron chi connectivity index (χ1n) is 16.4. The largest absolute Gasteiger partial charge is 0.481 e. The molecule has 4 saturated carbocycles. The lowest BCUT2D eigenvalue weighted by Gasteiger charge is -2.63. The molecule has 11 atom stereocenters. The zero-order valence-electron chi connectivity index (χ0n) is 26.0. The van der Waals surface area contributed by atoms with Gasteiger partial charge in [0.1, 0.15) is 12.7 Å². The van der Waals surface area contributed by atoms with Gasteiger partial charge in [-0.3, -0.25) is 14.4 Å². The summed E-state index contributed by atoms with van der Waals surface area (Å²) in [7, 11) is 0. The van der Waals surface area contributed by atoms with E-state index in [-0.39, 0.29) is 77.9 Å². The minimum Gasteiger partial charge on any atom is -0.481 e. The van der Waals surface area contributed by atoms with Gasteiger partial charge in [0.15, 0.2) is 0 Å². The standard InChI is InChI=1S/C35H50O8/c1-21(9-13-31(40)42-20-22-7-5-4-6-8-22)25-10-11-26-33-27(19-29(37)35(25,26)3)34(2)16-15-24(17-23(34)18-28(33)36)43-32(41)14-12-30(38)39/h4-8,21,23-29,33,36-37H,9-20H2,1-3H3,(H,38,39)/t21-,23?,24-,25?,26?,27?,28-,29+,33?,34+,35-/m1/s1. The molecule has 3 N–H and O–H groups in total. The Morgan fingerprint density at radius 1 is 0.930 bits per heavy atom. The second kappa shape index (κ2) is 12.9. The molecular weight excluding hydrogens is 548 g/mol. The molecule has 4 aliphatic rings. The lowest BCUT2D eigenvalue weighted by molar-refractivity contribution is -0.209. The molecule has 1 aromatic rings. The maximum atomic E-state index is 12.5. The van der Waals surface area contributed by atoms with Gasteiger partial charge in [0, 0.05) is 6.42 Å². The molecule has 4 aliphatic carbocycles. The molecule has 8 nitrogen and oxygen atoms in total. The second-order valence-corrected chi connectivity index (χ2v) is 14.5. The Bertz CT molecular complexity index is 1150. The number of ether oxygens (including phenoxy) is 2. The van der Waals surface area contributed by atoms with Crippen LogP contribution in [0.3, 0.4) is 0 Å². The number of aliphatic hydroxyl groups excluding tert-OH is 2. The predicted octanol–water partition coefficient (Wildman–Crippen LogP) is 5.52. The van der Waals surface area contributed by atoms with Crippen molar-refractivity contribution in [3.63, 3.8) is 0 Å². The molecule has 1 aromatic carbocycles. The first-order chi connectivity index (χ1) is 20.4. The summed E-state index contributed by atoms with van der Waals surface area (Å²) in [4.78, 5) is 35.6. The molecule has 43 heavy (non-hydrogen) atoms. The summed E-state index contributed by atoms with van der Waals surface area (Å²) in [6.45, 7) is 7.03. The van der Waals surface area contributed by atoms with Crippen molar-refractivity contribution in [2.75, 3.05) is 0 Å². The molecule has 0 aromatic heterocycles. The average Bonchev–Trinajstić information content (AvgIpc) is 3.34. The van der Waals surface area contributed by atoms with Crippen molar-refractivity contribution < 1.29 is 39.2 Å². The summed E-state index contributed by atoms with van der Waals surface area (Å²) in [6.07, 6.45) is 5.08. The smallest absolute Gasteiger partial charge is 0.306 e. The number of aliphatic carboxylic acids is 1. The van der Waals surface area contributed by atoms with Gasteiger partial charge in [-0.15, -0.1) is 0 Å². The van der Waals surface area contributed by atoms with E-state index in [2.05, 4.69) is 20.8 Å². The van der Waals surface area contributed by atoms with E-state index < -0.39 is 24.1 Å². The highest BCUT2D eigenvalue weighted by Gasteiger charge is 2.65. The van der Waals surface area contributed by atoms with E-state index in [1.807, 2.05) is 30.3 Å². The first kappa shape index (κ1) is 32.0. The maximum Gasteiger partial charge on any atom is 0.306 e. The quantitative estimate of drug-likeness (QED) is 0.300. The van der Waals surface area contributed by atoms with Crippen LogP contribution in [0, 0.1) is 46.3 Å². The van der Waals surface area contributed by atoms with Gasteiger partial charge in [0.2, 0.25) is 0 Å². The third-order valence-corrected chi connectivity index (χ3v) is 12.4. The molecule has 0 heterocycles. The number of hydrogen-bond acceptors (Lipinski definition) is 7. The highest BCUT2D eigenvalue weighted by Crippen LogP contribution is 2.68. The molecular formula is C35H50O8. The maximum absolute atomic E-state index is 12.5. The highest BCUT2D eigenvalue weighted by atomic mass is 16.5. The van der Waals surface area contributed by atoms with Crippen molar-refractivity contribution in [1.29, 1.82) is 0 Å². The fraction of sp³-hybridized carbons (Fsp3) is 0.743. The number of rotatable bonds is 10. The van der Waals surface area contributed by atoms with Gasteiger partial charge < -0.3 is 24.8 Å². The van der Waals surface area contributed by atoms with Crippen LogP contribution in [-0.4, -0.2) is 51.5 Å². The van der Waals surface area contributed by atoms with Crippen LogP contribution >= 0.6 is 0 Å². The molecule has 0 amide bonds. The molecule has 0 bridgehead atoms. The summed E-state index contributed by atoms with van der Waals surface area (Å²) < 4.78 is 11.2. The average molecular weight is 599 g/mol. The van der Waals surface area contributed by atoms with E-state index in [0.717, 1.165) is 37.7 Å². The van der Waals surface area contributed by atoms with Gasteiger partial charge in [-0.25, -0.2) is 0 Å². The normalized spacial score (nSPS) is 39.1. The Hall–Kier alpha value is -2.45. The summed E-state index contributed by atoms with van der Waals surface area (Å²) >= 11 is 0. The van der Waals surface area contributed by atoms with Crippen LogP contribution in [0.25, 0.3) is 0 Å². The summed E-state index contributed by atoms with van der Waals surface area (Å²) in [5.74, 6) is -0.425. The number of aliphatic hydroxyl groups is 2. The number of esters is 2. The highest BCUT2D eigenvalue weighted by molar-refractivity contribution is 5.76. The molecule has 0 aliphatic heterocycles. The Morgan fingerprint density at radius 2 is 1.67 bits per heavy atom. The van der Waals surface area contributed by atoms with Crippen LogP contribution in [0.15, 0.2) is 30.3 Å². The van der Waals surface area contributed by atoms with E-state index in [0.29, 0.717) is 25.7 Å². The van der Waals surface area contributed by atoms with E-state index in [9.17, 15) is 24.6 Å². The topological polar surface area (TPSA) is 130 Å². The minimum absolute atomic E-state index is 0.0532. The number of hydrogen-bond donors (Lipinski definition) is 3. The first-order valence-corrected chi connectivity index (χ1v) is 16.4. The fourth-order valence-corrected chi connectivity index (χ4v) is 10.0.